The van der Waals surface area contributed by atoms with E-state index in [1.165, 1.54) is 12.8 Å². The summed E-state index contributed by atoms with van der Waals surface area (Å²) < 4.78 is 0. The number of aryl methyl sites for hydroxylation is 2. The Bertz CT molecular complexity index is 354. The van der Waals surface area contributed by atoms with Gasteiger partial charge in [0.15, 0.2) is 0 Å². The van der Waals surface area contributed by atoms with Crippen LogP contribution in [0.5, 0.6) is 0 Å². The Morgan fingerprint density at radius 3 is 2.65 bits per heavy atom. The molecule has 0 radical (unpaired) electrons. The first-order chi connectivity index (χ1) is 8.11. The minimum Gasteiger partial charge on any atom is -0.311 e. The largest absolute Gasteiger partial charge is 0.311 e. The number of rotatable bonds is 6. The van der Waals surface area contributed by atoms with Crippen LogP contribution in [0.25, 0.3) is 0 Å². The summed E-state index contributed by atoms with van der Waals surface area (Å²) in [5.41, 5.74) is 2.06. The van der Waals surface area contributed by atoms with E-state index in [2.05, 4.69) is 17.2 Å². The van der Waals surface area contributed by atoms with E-state index in [-0.39, 0.29) is 5.91 Å². The summed E-state index contributed by atoms with van der Waals surface area (Å²) in [4.78, 5) is 15.9. The van der Waals surface area contributed by atoms with E-state index in [4.69, 9.17) is 0 Å². The molecule has 17 heavy (non-hydrogen) atoms. The van der Waals surface area contributed by atoms with Crippen molar-refractivity contribution in [3.05, 3.63) is 23.4 Å². The number of nitrogens with zero attached hydrogens (tertiary/aromatic N) is 1. The van der Waals surface area contributed by atoms with Gasteiger partial charge in [-0.15, -0.1) is 0 Å². The lowest BCUT2D eigenvalue weighted by molar-refractivity contribution is -0.116. The van der Waals surface area contributed by atoms with E-state index < -0.39 is 0 Å². The number of anilines is 1. The molecule has 0 fully saturated rings. The molecule has 1 amide bonds. The first-order valence-corrected chi connectivity index (χ1v) is 6.37. The molecule has 0 aliphatic rings. The van der Waals surface area contributed by atoms with Crippen molar-refractivity contribution < 1.29 is 4.79 Å². The van der Waals surface area contributed by atoms with Gasteiger partial charge in [-0.3, -0.25) is 4.79 Å². The van der Waals surface area contributed by atoms with Crippen molar-refractivity contribution in [1.29, 1.82) is 0 Å². The first kappa shape index (κ1) is 13.7. The summed E-state index contributed by atoms with van der Waals surface area (Å²) in [6, 6.07) is 3.90. The summed E-state index contributed by atoms with van der Waals surface area (Å²) in [6.45, 7) is 6.11. The predicted octanol–water partition coefficient (Wildman–Crippen LogP) is 3.61. The molecule has 94 valence electrons. The molecule has 1 heterocycles. The fourth-order valence-corrected chi connectivity index (χ4v) is 1.82. The molecule has 1 aromatic rings. The summed E-state index contributed by atoms with van der Waals surface area (Å²) in [5.74, 6) is 0.738. The molecule has 0 aliphatic carbocycles. The zero-order valence-corrected chi connectivity index (χ0v) is 11.0. The lowest BCUT2D eigenvalue weighted by Gasteiger charge is -2.06. The molecule has 0 unspecified atom stereocenters. The molecule has 0 aliphatic heterocycles. The maximum absolute atomic E-state index is 11.6. The van der Waals surface area contributed by atoms with Crippen LogP contribution in [0.1, 0.15) is 50.3 Å². The van der Waals surface area contributed by atoms with E-state index in [1.54, 1.807) is 0 Å². The van der Waals surface area contributed by atoms with Crippen LogP contribution in [0, 0.1) is 13.8 Å². The molecule has 0 atom stereocenters. The van der Waals surface area contributed by atoms with E-state index >= 15 is 0 Å². The van der Waals surface area contributed by atoms with E-state index in [0.717, 1.165) is 24.1 Å². The van der Waals surface area contributed by atoms with Gasteiger partial charge in [0, 0.05) is 12.1 Å². The molecular formula is C14H22N2O. The molecule has 3 nitrogen and oxygen atoms in total. The normalized spacial score (nSPS) is 10.3. The van der Waals surface area contributed by atoms with Crippen molar-refractivity contribution >= 4 is 11.7 Å². The second kappa shape index (κ2) is 7.05. The zero-order valence-electron chi connectivity index (χ0n) is 11.0. The van der Waals surface area contributed by atoms with Crippen LogP contribution in [-0.2, 0) is 4.79 Å². The van der Waals surface area contributed by atoms with E-state index in [9.17, 15) is 4.79 Å². The van der Waals surface area contributed by atoms with Gasteiger partial charge >= 0.3 is 0 Å². The van der Waals surface area contributed by atoms with Crippen molar-refractivity contribution in [1.82, 2.24) is 4.98 Å². The molecule has 0 spiro atoms. The first-order valence-electron chi connectivity index (χ1n) is 6.37. The second-order valence-corrected chi connectivity index (χ2v) is 4.53. The van der Waals surface area contributed by atoms with Crippen LogP contribution >= 0.6 is 0 Å². The van der Waals surface area contributed by atoms with Crippen LogP contribution in [-0.4, -0.2) is 10.9 Å². The SMILES string of the molecule is CCCCCCC(=O)Nc1cc(C)cc(C)n1. The molecule has 0 saturated carbocycles. The quantitative estimate of drug-likeness (QED) is 0.764. The lowest BCUT2D eigenvalue weighted by Crippen LogP contribution is -2.12. The van der Waals surface area contributed by atoms with Gasteiger partial charge < -0.3 is 5.32 Å². The average molecular weight is 234 g/mol. The third kappa shape index (κ3) is 5.48. The molecule has 1 aromatic heterocycles. The highest BCUT2D eigenvalue weighted by molar-refractivity contribution is 5.89. The summed E-state index contributed by atoms with van der Waals surface area (Å²) in [5, 5.41) is 2.85. The van der Waals surface area contributed by atoms with Gasteiger partial charge in [-0.05, 0) is 38.0 Å². The zero-order chi connectivity index (χ0) is 12.7. The highest BCUT2D eigenvalue weighted by Gasteiger charge is 2.03. The van der Waals surface area contributed by atoms with Crippen LogP contribution < -0.4 is 5.32 Å². The van der Waals surface area contributed by atoms with Crippen molar-refractivity contribution in [3.63, 3.8) is 0 Å². The van der Waals surface area contributed by atoms with Crippen LogP contribution in [0.3, 0.4) is 0 Å². The third-order valence-electron chi connectivity index (χ3n) is 2.62. The molecule has 0 bridgehead atoms. The Morgan fingerprint density at radius 1 is 1.24 bits per heavy atom. The Morgan fingerprint density at radius 2 is 2.00 bits per heavy atom. The van der Waals surface area contributed by atoms with Crippen molar-refractivity contribution in [3.8, 4) is 0 Å². The van der Waals surface area contributed by atoms with Crippen LogP contribution in [0.15, 0.2) is 12.1 Å². The molecule has 0 saturated heterocycles. The summed E-state index contributed by atoms with van der Waals surface area (Å²) in [7, 11) is 0. The van der Waals surface area contributed by atoms with Gasteiger partial charge in [-0.2, -0.15) is 0 Å². The molecule has 1 rings (SSSR count). The molecular weight excluding hydrogens is 212 g/mol. The van der Waals surface area contributed by atoms with E-state index in [0.29, 0.717) is 12.2 Å². The second-order valence-electron chi connectivity index (χ2n) is 4.53. The summed E-state index contributed by atoms with van der Waals surface area (Å²) in [6.07, 6.45) is 5.08. The maximum Gasteiger partial charge on any atom is 0.225 e. The number of aromatic nitrogens is 1. The van der Waals surface area contributed by atoms with Crippen molar-refractivity contribution in [2.75, 3.05) is 5.32 Å². The average Bonchev–Trinajstić information content (AvgIpc) is 2.23. The van der Waals surface area contributed by atoms with Gasteiger partial charge in [0.2, 0.25) is 5.91 Å². The predicted molar refractivity (Wildman–Crippen MR) is 71.1 cm³/mol. The molecule has 1 N–H and O–H groups in total. The fraction of sp³-hybridized carbons (Fsp3) is 0.571. The number of carbonyl (C=O) groups excluding carboxylic acids is 1. The highest BCUT2D eigenvalue weighted by Crippen LogP contribution is 2.10. The number of amides is 1. The smallest absolute Gasteiger partial charge is 0.225 e. The molecule has 3 heteroatoms. The van der Waals surface area contributed by atoms with Gasteiger partial charge in [-0.1, -0.05) is 26.2 Å². The minimum atomic E-state index is 0.0682. The maximum atomic E-state index is 11.6. The van der Waals surface area contributed by atoms with E-state index in [1.807, 2.05) is 26.0 Å². The number of hydrogen-bond acceptors (Lipinski definition) is 2. The Labute approximate surface area is 104 Å². The number of carbonyl (C=O) groups is 1. The third-order valence-corrected chi connectivity index (χ3v) is 2.62. The monoisotopic (exact) mass is 234 g/mol. The highest BCUT2D eigenvalue weighted by atomic mass is 16.1. The topological polar surface area (TPSA) is 42.0 Å². The van der Waals surface area contributed by atoms with Crippen LogP contribution in [0.4, 0.5) is 5.82 Å². The van der Waals surface area contributed by atoms with Crippen LogP contribution in [0.2, 0.25) is 0 Å². The van der Waals surface area contributed by atoms with Gasteiger partial charge in [0.25, 0.3) is 0 Å². The number of pyridine rings is 1. The summed E-state index contributed by atoms with van der Waals surface area (Å²) >= 11 is 0. The number of nitrogens with one attached hydrogen (secondary N) is 1. The van der Waals surface area contributed by atoms with Gasteiger partial charge in [0.05, 0.1) is 0 Å². The van der Waals surface area contributed by atoms with Crippen molar-refractivity contribution in [2.45, 2.75) is 52.9 Å². The van der Waals surface area contributed by atoms with Gasteiger partial charge in [-0.25, -0.2) is 4.98 Å². The number of unbranched alkanes of at least 4 members (excludes halogenated alkanes) is 3. The minimum absolute atomic E-state index is 0.0682. The fourth-order valence-electron chi connectivity index (χ4n) is 1.82. The Balaban J connectivity index is 2.39. The Kier molecular flexibility index (Phi) is 5.67. The standard InChI is InChI=1S/C14H22N2O/c1-4-5-6-7-8-14(17)16-13-10-11(2)9-12(3)15-13/h9-10H,4-8H2,1-3H3,(H,15,16,17). The lowest BCUT2D eigenvalue weighted by atomic mass is 10.1. The molecule has 0 aromatic carbocycles. The van der Waals surface area contributed by atoms with Gasteiger partial charge in [0.1, 0.15) is 5.82 Å². The number of hydrogen-bond donors (Lipinski definition) is 1. The van der Waals surface area contributed by atoms with Crippen molar-refractivity contribution in [2.24, 2.45) is 0 Å². The Hall–Kier alpha value is -1.38.